The molecule has 8 heteroatoms. The fourth-order valence-corrected chi connectivity index (χ4v) is 2.61. The lowest BCUT2D eigenvalue weighted by Crippen LogP contribution is -2.46. The molecule has 0 aliphatic carbocycles. The molecule has 0 fully saturated rings. The van der Waals surface area contributed by atoms with Gasteiger partial charge in [-0.25, -0.2) is 13.8 Å². The molecule has 0 aliphatic rings. The first kappa shape index (κ1) is 18.4. The van der Waals surface area contributed by atoms with Gasteiger partial charge in [-0.1, -0.05) is 18.2 Å². The number of amides is 2. The number of carbonyl (C=O) groups is 2. The fraction of sp³-hybridized carbons (Fsp3) is 0.158. The second-order valence-corrected chi connectivity index (χ2v) is 6.00. The zero-order valence-corrected chi connectivity index (χ0v) is 14.2. The highest BCUT2D eigenvalue weighted by molar-refractivity contribution is 5.87. The molecule has 6 nitrogen and oxygen atoms in total. The summed E-state index contributed by atoms with van der Waals surface area (Å²) in [7, 11) is 0. The standard InChI is InChI=1S/C19H16F2N4O2/c20-13-6-5-11(7-14(13)21)8-18(26)25-17(19(22)27)9-12-10-23-15-3-1-2-4-16(15)24-12/h1-7,10,17H,8-9H2,(H2,22,27)(H,25,26)/t17-/m0/s1. The summed E-state index contributed by atoms with van der Waals surface area (Å²) in [5.74, 6) is -3.32. The van der Waals surface area contributed by atoms with E-state index in [1.54, 1.807) is 12.1 Å². The van der Waals surface area contributed by atoms with Gasteiger partial charge in [0.2, 0.25) is 11.8 Å². The van der Waals surface area contributed by atoms with Gasteiger partial charge in [-0.3, -0.25) is 14.6 Å². The zero-order chi connectivity index (χ0) is 19.4. The maximum atomic E-state index is 13.2. The normalized spacial score (nSPS) is 11.9. The number of para-hydroxylation sites is 2. The summed E-state index contributed by atoms with van der Waals surface area (Å²) in [5.41, 5.74) is 7.51. The van der Waals surface area contributed by atoms with Gasteiger partial charge in [0, 0.05) is 12.6 Å². The van der Waals surface area contributed by atoms with Gasteiger partial charge < -0.3 is 11.1 Å². The Morgan fingerprint density at radius 3 is 2.52 bits per heavy atom. The molecule has 0 unspecified atom stereocenters. The monoisotopic (exact) mass is 370 g/mol. The molecule has 0 saturated carbocycles. The molecule has 1 heterocycles. The van der Waals surface area contributed by atoms with Crippen molar-refractivity contribution < 1.29 is 18.4 Å². The minimum absolute atomic E-state index is 0.0662. The third-order valence-electron chi connectivity index (χ3n) is 3.94. The Morgan fingerprint density at radius 1 is 1.07 bits per heavy atom. The number of hydrogen-bond donors (Lipinski definition) is 2. The summed E-state index contributed by atoms with van der Waals surface area (Å²) >= 11 is 0. The van der Waals surface area contributed by atoms with Gasteiger partial charge in [0.15, 0.2) is 11.6 Å². The lowest BCUT2D eigenvalue weighted by molar-refractivity contribution is -0.127. The van der Waals surface area contributed by atoms with Crippen molar-refractivity contribution in [1.82, 2.24) is 15.3 Å². The highest BCUT2D eigenvalue weighted by Gasteiger charge is 2.20. The molecule has 3 rings (SSSR count). The highest BCUT2D eigenvalue weighted by Crippen LogP contribution is 2.11. The molecule has 2 amide bonds. The molecule has 2 aromatic carbocycles. The molecule has 3 N–H and O–H groups in total. The number of hydrogen-bond acceptors (Lipinski definition) is 4. The molecular formula is C19H16F2N4O2. The van der Waals surface area contributed by atoms with Crippen LogP contribution in [0.2, 0.25) is 0 Å². The average molecular weight is 370 g/mol. The average Bonchev–Trinajstić information content (AvgIpc) is 2.64. The van der Waals surface area contributed by atoms with Crippen LogP contribution in [0.3, 0.4) is 0 Å². The second-order valence-electron chi connectivity index (χ2n) is 6.00. The lowest BCUT2D eigenvalue weighted by Gasteiger charge is -2.15. The van der Waals surface area contributed by atoms with Crippen LogP contribution in [0.5, 0.6) is 0 Å². The molecule has 0 aliphatic heterocycles. The van der Waals surface area contributed by atoms with Crippen LogP contribution < -0.4 is 11.1 Å². The van der Waals surface area contributed by atoms with E-state index in [0.29, 0.717) is 16.7 Å². The summed E-state index contributed by atoms with van der Waals surface area (Å²) in [6.45, 7) is 0. The number of carbonyl (C=O) groups excluding carboxylic acids is 2. The van der Waals surface area contributed by atoms with Crippen molar-refractivity contribution in [3.63, 3.8) is 0 Å². The van der Waals surface area contributed by atoms with E-state index in [1.807, 2.05) is 12.1 Å². The number of rotatable bonds is 6. The Bertz CT molecular complexity index is 1010. The van der Waals surface area contributed by atoms with Gasteiger partial charge in [-0.2, -0.15) is 0 Å². The van der Waals surface area contributed by atoms with Crippen molar-refractivity contribution in [2.24, 2.45) is 5.73 Å². The third-order valence-corrected chi connectivity index (χ3v) is 3.94. The number of aromatic nitrogens is 2. The van der Waals surface area contributed by atoms with Crippen LogP contribution in [0.25, 0.3) is 11.0 Å². The van der Waals surface area contributed by atoms with Crippen molar-refractivity contribution in [1.29, 1.82) is 0 Å². The van der Waals surface area contributed by atoms with E-state index in [1.165, 1.54) is 12.3 Å². The van der Waals surface area contributed by atoms with Crippen LogP contribution in [0.15, 0.2) is 48.7 Å². The molecule has 0 saturated heterocycles. The number of fused-ring (bicyclic) bond motifs is 1. The maximum Gasteiger partial charge on any atom is 0.240 e. The summed E-state index contributed by atoms with van der Waals surface area (Å²) in [4.78, 5) is 32.5. The lowest BCUT2D eigenvalue weighted by atomic mass is 10.1. The number of nitrogens with one attached hydrogen (secondary N) is 1. The Morgan fingerprint density at radius 2 is 1.81 bits per heavy atom. The van der Waals surface area contributed by atoms with Crippen molar-refractivity contribution in [2.45, 2.75) is 18.9 Å². The van der Waals surface area contributed by atoms with Crippen LogP contribution in [0.1, 0.15) is 11.3 Å². The predicted octanol–water partition coefficient (Wildman–Crippen LogP) is 1.66. The first-order valence-corrected chi connectivity index (χ1v) is 8.15. The minimum atomic E-state index is -1.04. The van der Waals surface area contributed by atoms with Gasteiger partial charge in [0.05, 0.1) is 23.1 Å². The van der Waals surface area contributed by atoms with Crippen LogP contribution >= 0.6 is 0 Å². The SMILES string of the molecule is NC(=O)[C@H](Cc1cnc2ccccc2n1)NC(=O)Cc1ccc(F)c(F)c1. The molecular weight excluding hydrogens is 354 g/mol. The molecule has 1 aromatic heterocycles. The van der Waals surface area contributed by atoms with Crippen LogP contribution in [0, 0.1) is 11.6 Å². The number of primary amides is 1. The second kappa shape index (κ2) is 7.86. The molecule has 138 valence electrons. The van der Waals surface area contributed by atoms with Gasteiger partial charge >= 0.3 is 0 Å². The summed E-state index contributed by atoms with van der Waals surface area (Å²) in [6.07, 6.45) is 1.36. The molecule has 0 spiro atoms. The number of halogens is 2. The van der Waals surface area contributed by atoms with E-state index in [4.69, 9.17) is 5.73 Å². The van der Waals surface area contributed by atoms with E-state index < -0.39 is 29.5 Å². The first-order chi connectivity index (χ1) is 12.9. The van der Waals surface area contributed by atoms with Crippen molar-refractivity contribution in [2.75, 3.05) is 0 Å². The van der Waals surface area contributed by atoms with Gasteiger partial charge in [0.25, 0.3) is 0 Å². The first-order valence-electron chi connectivity index (χ1n) is 8.15. The van der Waals surface area contributed by atoms with E-state index in [2.05, 4.69) is 15.3 Å². The van der Waals surface area contributed by atoms with Gasteiger partial charge in [0.1, 0.15) is 6.04 Å². The number of nitrogens with two attached hydrogens (primary N) is 1. The van der Waals surface area contributed by atoms with E-state index in [0.717, 1.165) is 12.1 Å². The predicted molar refractivity (Wildman–Crippen MR) is 94.4 cm³/mol. The molecule has 1 atom stereocenters. The van der Waals surface area contributed by atoms with E-state index >= 15 is 0 Å². The van der Waals surface area contributed by atoms with Crippen LogP contribution in [-0.2, 0) is 22.4 Å². The highest BCUT2D eigenvalue weighted by atomic mass is 19.2. The quantitative estimate of drug-likeness (QED) is 0.690. The van der Waals surface area contributed by atoms with Crippen LogP contribution in [-0.4, -0.2) is 27.8 Å². The Labute approximate surface area is 153 Å². The summed E-state index contributed by atoms with van der Waals surface area (Å²) in [5, 5.41) is 2.50. The maximum absolute atomic E-state index is 13.2. The Hall–Kier alpha value is -3.42. The van der Waals surface area contributed by atoms with Crippen LogP contribution in [0.4, 0.5) is 8.78 Å². The summed E-state index contributed by atoms with van der Waals surface area (Å²) in [6, 6.07) is 9.41. The number of benzene rings is 2. The van der Waals surface area contributed by atoms with Crippen molar-refractivity contribution in [3.8, 4) is 0 Å². The molecule has 0 bridgehead atoms. The van der Waals surface area contributed by atoms with Crippen molar-refractivity contribution >= 4 is 22.8 Å². The third kappa shape index (κ3) is 4.60. The number of nitrogens with zero attached hydrogens (tertiary/aromatic N) is 2. The van der Waals surface area contributed by atoms with Gasteiger partial charge in [-0.15, -0.1) is 0 Å². The largest absolute Gasteiger partial charge is 0.368 e. The summed E-state index contributed by atoms with van der Waals surface area (Å²) < 4.78 is 26.2. The molecule has 0 radical (unpaired) electrons. The Kier molecular flexibility index (Phi) is 5.35. The Balaban J connectivity index is 1.69. The molecule has 27 heavy (non-hydrogen) atoms. The zero-order valence-electron chi connectivity index (χ0n) is 14.2. The van der Waals surface area contributed by atoms with Gasteiger partial charge in [-0.05, 0) is 29.8 Å². The fourth-order valence-electron chi connectivity index (χ4n) is 2.61. The smallest absolute Gasteiger partial charge is 0.240 e. The topological polar surface area (TPSA) is 98.0 Å². The molecule has 3 aromatic rings. The van der Waals surface area contributed by atoms with E-state index in [-0.39, 0.29) is 18.4 Å². The van der Waals surface area contributed by atoms with E-state index in [9.17, 15) is 18.4 Å². The minimum Gasteiger partial charge on any atom is -0.368 e. The van der Waals surface area contributed by atoms with Crippen molar-refractivity contribution in [3.05, 3.63) is 71.6 Å².